The van der Waals surface area contributed by atoms with E-state index in [-0.39, 0.29) is 16.8 Å². The van der Waals surface area contributed by atoms with Gasteiger partial charge in [0.1, 0.15) is 5.75 Å². The number of thiocarbonyl (C=S) groups is 1. The van der Waals surface area contributed by atoms with Gasteiger partial charge in [0.25, 0.3) is 5.91 Å². The number of carbonyl (C=O) groups excluding carboxylic acids is 1. The maximum Gasteiger partial charge on any atom is 0.257 e. The largest absolute Gasteiger partial charge is 0.506 e. The van der Waals surface area contributed by atoms with Crippen LogP contribution in [0.2, 0.25) is 5.02 Å². The number of halogens is 1. The third kappa shape index (κ3) is 3.93. The van der Waals surface area contributed by atoms with Gasteiger partial charge in [-0.15, -0.1) is 0 Å². The monoisotopic (exact) mass is 320 g/mol. The number of nitrogens with one attached hydrogen (secondary N) is 2. The molecule has 0 fully saturated rings. The molecule has 0 radical (unpaired) electrons. The second kappa shape index (κ2) is 6.56. The first-order valence-electron chi connectivity index (χ1n) is 6.14. The van der Waals surface area contributed by atoms with Crippen molar-refractivity contribution in [1.82, 2.24) is 5.32 Å². The Balaban J connectivity index is 2.07. The van der Waals surface area contributed by atoms with Gasteiger partial charge in [0, 0.05) is 10.6 Å². The standard InChI is InChI=1S/C15H13ClN2O2S/c1-9-4-2-3-5-11(9)14(20)18-15(21)17-12-8-10(16)6-7-13(12)19/h2-8,19H,1H3,(H2,17,18,20,21). The van der Waals surface area contributed by atoms with Crippen LogP contribution in [0.25, 0.3) is 0 Å². The number of aryl methyl sites for hydroxylation is 1. The van der Waals surface area contributed by atoms with Gasteiger partial charge in [-0.05, 0) is 49.0 Å². The molecule has 2 rings (SSSR count). The van der Waals surface area contributed by atoms with Crippen LogP contribution in [0, 0.1) is 6.92 Å². The summed E-state index contributed by atoms with van der Waals surface area (Å²) in [5.41, 5.74) is 1.72. The number of hydrogen-bond acceptors (Lipinski definition) is 3. The van der Waals surface area contributed by atoms with Crippen molar-refractivity contribution in [3.63, 3.8) is 0 Å². The zero-order valence-electron chi connectivity index (χ0n) is 11.2. The number of hydrogen-bond donors (Lipinski definition) is 3. The van der Waals surface area contributed by atoms with E-state index in [9.17, 15) is 9.90 Å². The lowest BCUT2D eigenvalue weighted by Gasteiger charge is -2.12. The lowest BCUT2D eigenvalue weighted by atomic mass is 10.1. The molecule has 0 unspecified atom stereocenters. The number of anilines is 1. The number of benzene rings is 2. The molecule has 0 aliphatic heterocycles. The first kappa shape index (κ1) is 15.3. The summed E-state index contributed by atoms with van der Waals surface area (Å²) in [6.45, 7) is 1.84. The van der Waals surface area contributed by atoms with Gasteiger partial charge in [-0.25, -0.2) is 0 Å². The second-order valence-electron chi connectivity index (χ2n) is 4.38. The van der Waals surface area contributed by atoms with Gasteiger partial charge >= 0.3 is 0 Å². The maximum absolute atomic E-state index is 12.1. The van der Waals surface area contributed by atoms with Crippen LogP contribution in [0.4, 0.5) is 5.69 Å². The molecule has 0 saturated heterocycles. The first-order valence-corrected chi connectivity index (χ1v) is 6.92. The van der Waals surface area contributed by atoms with Crippen molar-refractivity contribution in [3.05, 3.63) is 58.6 Å². The van der Waals surface area contributed by atoms with Crippen molar-refractivity contribution < 1.29 is 9.90 Å². The highest BCUT2D eigenvalue weighted by Gasteiger charge is 2.11. The normalized spacial score (nSPS) is 10.0. The van der Waals surface area contributed by atoms with Crippen LogP contribution in [0.15, 0.2) is 42.5 Å². The summed E-state index contributed by atoms with van der Waals surface area (Å²) in [6, 6.07) is 11.7. The van der Waals surface area contributed by atoms with E-state index >= 15 is 0 Å². The molecule has 1 amide bonds. The molecule has 0 bridgehead atoms. The van der Waals surface area contributed by atoms with Gasteiger partial charge in [0.2, 0.25) is 0 Å². The zero-order valence-corrected chi connectivity index (χ0v) is 12.8. The number of amides is 1. The Morgan fingerprint density at radius 2 is 1.95 bits per heavy atom. The molecule has 0 atom stereocenters. The SMILES string of the molecule is Cc1ccccc1C(=O)NC(=S)Nc1cc(Cl)ccc1O. The number of aromatic hydroxyl groups is 1. The Kier molecular flexibility index (Phi) is 4.77. The Morgan fingerprint density at radius 3 is 2.67 bits per heavy atom. The van der Waals surface area contributed by atoms with E-state index in [1.165, 1.54) is 12.1 Å². The highest BCUT2D eigenvalue weighted by atomic mass is 35.5. The van der Waals surface area contributed by atoms with Gasteiger partial charge in [0.05, 0.1) is 5.69 Å². The molecule has 108 valence electrons. The molecule has 0 spiro atoms. The molecule has 0 heterocycles. The second-order valence-corrected chi connectivity index (χ2v) is 5.23. The molecule has 21 heavy (non-hydrogen) atoms. The predicted molar refractivity (Wildman–Crippen MR) is 88.0 cm³/mol. The van der Waals surface area contributed by atoms with Crippen molar-refractivity contribution in [2.45, 2.75) is 6.92 Å². The lowest BCUT2D eigenvalue weighted by Crippen LogP contribution is -2.34. The molecule has 3 N–H and O–H groups in total. The van der Waals surface area contributed by atoms with Crippen molar-refractivity contribution in [2.75, 3.05) is 5.32 Å². The van der Waals surface area contributed by atoms with Crippen LogP contribution in [0.5, 0.6) is 5.75 Å². The lowest BCUT2D eigenvalue weighted by molar-refractivity contribution is 0.0977. The molecule has 0 aliphatic rings. The van der Waals surface area contributed by atoms with Crippen LogP contribution in [-0.2, 0) is 0 Å². The maximum atomic E-state index is 12.1. The Hall–Kier alpha value is -2.11. The van der Waals surface area contributed by atoms with Crippen LogP contribution < -0.4 is 10.6 Å². The Bertz CT molecular complexity index is 704. The van der Waals surface area contributed by atoms with E-state index in [4.69, 9.17) is 23.8 Å². The topological polar surface area (TPSA) is 61.4 Å². The van der Waals surface area contributed by atoms with Gasteiger partial charge in [-0.2, -0.15) is 0 Å². The smallest absolute Gasteiger partial charge is 0.257 e. The summed E-state index contributed by atoms with van der Waals surface area (Å²) < 4.78 is 0. The van der Waals surface area contributed by atoms with Crippen LogP contribution in [-0.4, -0.2) is 16.1 Å². The highest BCUT2D eigenvalue weighted by Crippen LogP contribution is 2.26. The summed E-state index contributed by atoms with van der Waals surface area (Å²) in [7, 11) is 0. The number of phenols is 1. The average molecular weight is 321 g/mol. The van der Waals surface area contributed by atoms with E-state index in [0.717, 1.165) is 5.56 Å². The van der Waals surface area contributed by atoms with Crippen molar-refractivity contribution in [1.29, 1.82) is 0 Å². The Morgan fingerprint density at radius 1 is 1.24 bits per heavy atom. The summed E-state index contributed by atoms with van der Waals surface area (Å²) >= 11 is 10.9. The van der Waals surface area contributed by atoms with E-state index in [2.05, 4.69) is 10.6 Å². The number of carbonyl (C=O) groups is 1. The fourth-order valence-electron chi connectivity index (χ4n) is 1.76. The van der Waals surface area contributed by atoms with Gasteiger partial charge in [-0.1, -0.05) is 29.8 Å². The van der Waals surface area contributed by atoms with Gasteiger partial charge < -0.3 is 10.4 Å². The molecule has 2 aromatic carbocycles. The highest BCUT2D eigenvalue weighted by molar-refractivity contribution is 7.80. The summed E-state index contributed by atoms with van der Waals surface area (Å²) in [6.07, 6.45) is 0. The van der Waals surface area contributed by atoms with Crippen LogP contribution in [0.3, 0.4) is 0 Å². The van der Waals surface area contributed by atoms with E-state index in [1.807, 2.05) is 19.1 Å². The Labute approximate surface area is 132 Å². The van der Waals surface area contributed by atoms with Crippen molar-refractivity contribution in [2.24, 2.45) is 0 Å². The molecule has 0 aromatic heterocycles. The fourth-order valence-corrected chi connectivity index (χ4v) is 2.13. The van der Waals surface area contributed by atoms with E-state index in [1.54, 1.807) is 18.2 Å². The third-order valence-corrected chi connectivity index (χ3v) is 3.26. The number of rotatable bonds is 2. The van der Waals surface area contributed by atoms with Gasteiger partial charge in [0.15, 0.2) is 5.11 Å². The summed E-state index contributed by atoms with van der Waals surface area (Å²) in [4.78, 5) is 12.1. The quantitative estimate of drug-likeness (QED) is 0.585. The van der Waals surface area contributed by atoms with Crippen molar-refractivity contribution in [3.8, 4) is 5.75 Å². The molecule has 4 nitrogen and oxygen atoms in total. The molecule has 0 saturated carbocycles. The van der Waals surface area contributed by atoms with Crippen LogP contribution >= 0.6 is 23.8 Å². The molecule has 6 heteroatoms. The fraction of sp³-hybridized carbons (Fsp3) is 0.0667. The minimum Gasteiger partial charge on any atom is -0.506 e. The summed E-state index contributed by atoms with van der Waals surface area (Å²) in [5, 5.41) is 15.5. The van der Waals surface area contributed by atoms with Crippen molar-refractivity contribution >= 4 is 40.5 Å². The minimum absolute atomic E-state index is 0.00751. The average Bonchev–Trinajstić information content (AvgIpc) is 2.43. The molecular formula is C15H13ClN2O2S. The molecule has 2 aromatic rings. The van der Waals surface area contributed by atoms with Gasteiger partial charge in [-0.3, -0.25) is 10.1 Å². The molecule has 0 aliphatic carbocycles. The number of phenolic OH excluding ortho intramolecular Hbond substituents is 1. The minimum atomic E-state index is -0.313. The van der Waals surface area contributed by atoms with Crippen LogP contribution in [0.1, 0.15) is 15.9 Å². The van der Waals surface area contributed by atoms with E-state index < -0.39 is 0 Å². The molecular weight excluding hydrogens is 308 g/mol. The predicted octanol–water partition coefficient (Wildman–Crippen LogP) is 3.48. The third-order valence-electron chi connectivity index (χ3n) is 2.82. The van der Waals surface area contributed by atoms with E-state index in [0.29, 0.717) is 16.3 Å². The zero-order chi connectivity index (χ0) is 15.4. The summed E-state index contributed by atoms with van der Waals surface area (Å²) in [5.74, 6) is -0.320. The first-order chi connectivity index (χ1) is 9.97.